The van der Waals surface area contributed by atoms with Crippen molar-refractivity contribution in [3.05, 3.63) is 48.0 Å². The number of benzene rings is 2. The van der Waals surface area contributed by atoms with Crippen LogP contribution in [0.2, 0.25) is 0 Å². The van der Waals surface area contributed by atoms with Gasteiger partial charge in [0, 0.05) is 0 Å². The van der Waals surface area contributed by atoms with Crippen LogP contribution in [-0.2, 0) is 0 Å². The molecule has 0 amide bonds. The van der Waals surface area contributed by atoms with E-state index in [9.17, 15) is 0 Å². The Bertz CT molecular complexity index is 555. The van der Waals surface area contributed by atoms with Crippen molar-refractivity contribution in [2.24, 2.45) is 11.8 Å². The molecule has 2 aliphatic carbocycles. The number of hydrogen-bond donors (Lipinski definition) is 0. The summed E-state index contributed by atoms with van der Waals surface area (Å²) in [6.45, 7) is 0. The van der Waals surface area contributed by atoms with Crippen molar-refractivity contribution < 1.29 is 0 Å². The molecule has 0 spiro atoms. The summed E-state index contributed by atoms with van der Waals surface area (Å²) in [4.78, 5) is 0. The molecule has 2 aliphatic rings. The molecule has 3 unspecified atom stereocenters. The fourth-order valence-electron chi connectivity index (χ4n) is 4.09. The summed E-state index contributed by atoms with van der Waals surface area (Å²) < 4.78 is 0. The lowest BCUT2D eigenvalue weighted by atomic mass is 9.83. The first-order valence-corrected chi connectivity index (χ1v) is 6.89. The number of hydrogen-bond acceptors (Lipinski definition) is 0. The van der Waals surface area contributed by atoms with Crippen LogP contribution < -0.4 is 0 Å². The predicted molar refractivity (Wildman–Crippen MR) is 72.1 cm³/mol. The maximum atomic E-state index is 2.43. The Hall–Kier alpha value is -1.30. The molecule has 17 heavy (non-hydrogen) atoms. The third-order valence-electron chi connectivity index (χ3n) is 4.94. The highest BCUT2D eigenvalue weighted by Gasteiger charge is 2.39. The summed E-state index contributed by atoms with van der Waals surface area (Å²) in [5.74, 6) is 2.89. The first kappa shape index (κ1) is 9.70. The largest absolute Gasteiger partial charge is 0.0616 e. The van der Waals surface area contributed by atoms with Gasteiger partial charge < -0.3 is 0 Å². The molecular formula is C17H18. The van der Waals surface area contributed by atoms with Gasteiger partial charge in [0.25, 0.3) is 0 Å². The Kier molecular flexibility index (Phi) is 2.05. The zero-order valence-corrected chi connectivity index (χ0v) is 10.1. The quantitative estimate of drug-likeness (QED) is 0.653. The van der Waals surface area contributed by atoms with Gasteiger partial charge in [-0.1, -0.05) is 48.9 Å². The highest BCUT2D eigenvalue weighted by atomic mass is 14.4. The van der Waals surface area contributed by atoms with E-state index in [0.717, 1.165) is 17.8 Å². The molecule has 3 atom stereocenters. The molecule has 0 heterocycles. The van der Waals surface area contributed by atoms with Gasteiger partial charge in [-0.3, -0.25) is 0 Å². The van der Waals surface area contributed by atoms with E-state index in [1.54, 1.807) is 5.56 Å². The maximum Gasteiger partial charge on any atom is -0.0131 e. The fourth-order valence-corrected chi connectivity index (χ4v) is 4.09. The van der Waals surface area contributed by atoms with Crippen LogP contribution in [0.4, 0.5) is 0 Å². The minimum atomic E-state index is 0.860. The Balaban J connectivity index is 1.76. The second-order valence-electron chi connectivity index (χ2n) is 5.89. The molecule has 0 aliphatic heterocycles. The van der Waals surface area contributed by atoms with Crippen molar-refractivity contribution >= 4 is 10.8 Å². The van der Waals surface area contributed by atoms with E-state index in [2.05, 4.69) is 42.5 Å². The lowest BCUT2D eigenvalue weighted by Crippen LogP contribution is -2.08. The molecule has 86 valence electrons. The zero-order chi connectivity index (χ0) is 11.2. The van der Waals surface area contributed by atoms with Gasteiger partial charge in [-0.2, -0.15) is 0 Å². The molecule has 2 bridgehead atoms. The van der Waals surface area contributed by atoms with Crippen molar-refractivity contribution in [2.75, 3.05) is 0 Å². The minimum absolute atomic E-state index is 0.860. The molecule has 0 radical (unpaired) electrons. The van der Waals surface area contributed by atoms with E-state index in [4.69, 9.17) is 0 Å². The first-order valence-electron chi connectivity index (χ1n) is 6.89. The van der Waals surface area contributed by atoms with Crippen LogP contribution in [0.1, 0.15) is 37.2 Å². The SMILES string of the molecule is c1ccc2cc(C3CC4CCC3C4)ccc2c1. The standard InChI is InChI=1S/C17H18/c1-2-4-14-11-16(8-7-13(14)3-1)17-10-12-5-6-15(17)9-12/h1-4,7-8,11-12,15,17H,5-6,9-10H2. The molecule has 0 heteroatoms. The highest BCUT2D eigenvalue weighted by Crippen LogP contribution is 2.52. The van der Waals surface area contributed by atoms with Crippen molar-refractivity contribution in [3.63, 3.8) is 0 Å². The van der Waals surface area contributed by atoms with Crippen molar-refractivity contribution in [3.8, 4) is 0 Å². The van der Waals surface area contributed by atoms with Gasteiger partial charge in [0.1, 0.15) is 0 Å². The van der Waals surface area contributed by atoms with Crippen LogP contribution in [0, 0.1) is 11.8 Å². The predicted octanol–water partition coefficient (Wildman–Crippen LogP) is 4.74. The van der Waals surface area contributed by atoms with Crippen LogP contribution in [-0.4, -0.2) is 0 Å². The average Bonchev–Trinajstić information content (AvgIpc) is 3.00. The zero-order valence-electron chi connectivity index (χ0n) is 10.1. The topological polar surface area (TPSA) is 0 Å². The Morgan fingerprint density at radius 1 is 0.824 bits per heavy atom. The van der Waals surface area contributed by atoms with Gasteiger partial charge in [-0.05, 0) is 53.4 Å². The summed E-state index contributed by atoms with van der Waals surface area (Å²) in [6, 6.07) is 15.8. The smallest absolute Gasteiger partial charge is 0.0131 e. The van der Waals surface area contributed by atoms with Gasteiger partial charge in [0.05, 0.1) is 0 Å². The second kappa shape index (κ2) is 3.60. The van der Waals surface area contributed by atoms with Gasteiger partial charge in [0.15, 0.2) is 0 Å². The normalized spacial score (nSPS) is 31.2. The van der Waals surface area contributed by atoms with Gasteiger partial charge >= 0.3 is 0 Å². The minimum Gasteiger partial charge on any atom is -0.0616 e. The molecule has 0 aromatic heterocycles. The van der Waals surface area contributed by atoms with E-state index in [1.165, 1.54) is 36.5 Å². The number of fused-ring (bicyclic) bond motifs is 3. The summed E-state index contributed by atoms with van der Waals surface area (Å²) in [6.07, 6.45) is 5.91. The molecule has 2 aromatic rings. The van der Waals surface area contributed by atoms with E-state index in [-0.39, 0.29) is 0 Å². The molecule has 4 rings (SSSR count). The molecule has 2 fully saturated rings. The summed E-state index contributed by atoms with van der Waals surface area (Å²) >= 11 is 0. The van der Waals surface area contributed by atoms with E-state index < -0.39 is 0 Å². The van der Waals surface area contributed by atoms with Crippen molar-refractivity contribution in [2.45, 2.75) is 31.6 Å². The Morgan fingerprint density at radius 2 is 1.71 bits per heavy atom. The lowest BCUT2D eigenvalue weighted by Gasteiger charge is -2.22. The molecule has 2 aromatic carbocycles. The molecule has 0 nitrogen and oxygen atoms in total. The molecule has 2 saturated carbocycles. The van der Waals surface area contributed by atoms with E-state index in [1.807, 2.05) is 0 Å². The van der Waals surface area contributed by atoms with E-state index in [0.29, 0.717) is 0 Å². The first-order chi connectivity index (χ1) is 8.40. The summed E-state index contributed by atoms with van der Waals surface area (Å²) in [7, 11) is 0. The lowest BCUT2D eigenvalue weighted by molar-refractivity contribution is 0.420. The molecule has 0 N–H and O–H groups in total. The van der Waals surface area contributed by atoms with Crippen molar-refractivity contribution in [1.82, 2.24) is 0 Å². The molecular weight excluding hydrogens is 204 g/mol. The molecule has 0 saturated heterocycles. The monoisotopic (exact) mass is 222 g/mol. The third-order valence-corrected chi connectivity index (χ3v) is 4.94. The van der Waals surface area contributed by atoms with Crippen LogP contribution in [0.3, 0.4) is 0 Å². The Morgan fingerprint density at radius 3 is 2.47 bits per heavy atom. The fraction of sp³-hybridized carbons (Fsp3) is 0.412. The van der Waals surface area contributed by atoms with Crippen LogP contribution in [0.25, 0.3) is 10.8 Å². The third kappa shape index (κ3) is 1.50. The van der Waals surface area contributed by atoms with Crippen LogP contribution in [0.5, 0.6) is 0 Å². The van der Waals surface area contributed by atoms with Gasteiger partial charge in [0.2, 0.25) is 0 Å². The average molecular weight is 222 g/mol. The van der Waals surface area contributed by atoms with Gasteiger partial charge in [-0.25, -0.2) is 0 Å². The number of rotatable bonds is 1. The maximum absolute atomic E-state index is 2.43. The highest BCUT2D eigenvalue weighted by molar-refractivity contribution is 5.83. The second-order valence-corrected chi connectivity index (χ2v) is 5.89. The van der Waals surface area contributed by atoms with Crippen LogP contribution >= 0.6 is 0 Å². The van der Waals surface area contributed by atoms with Crippen LogP contribution in [0.15, 0.2) is 42.5 Å². The van der Waals surface area contributed by atoms with Gasteiger partial charge in [-0.15, -0.1) is 0 Å². The van der Waals surface area contributed by atoms with E-state index >= 15 is 0 Å². The summed E-state index contributed by atoms with van der Waals surface area (Å²) in [5, 5.41) is 2.78. The Labute approximate surface area is 103 Å². The van der Waals surface area contributed by atoms with Crippen molar-refractivity contribution in [1.29, 1.82) is 0 Å². The summed E-state index contributed by atoms with van der Waals surface area (Å²) in [5.41, 5.74) is 1.59.